The van der Waals surface area contributed by atoms with Crippen molar-refractivity contribution >= 4 is 12.2 Å². The highest BCUT2D eigenvalue weighted by Crippen LogP contribution is 1.87. The van der Waals surface area contributed by atoms with Crippen molar-refractivity contribution in [2.75, 3.05) is 0 Å². The van der Waals surface area contributed by atoms with Gasteiger partial charge < -0.3 is 0 Å². The molecule has 0 atom stereocenters. The van der Waals surface area contributed by atoms with E-state index in [9.17, 15) is 0 Å². The molecule has 0 radical (unpaired) electrons. The topological polar surface area (TPSA) is 0 Å². The molecule has 0 bridgehead atoms. The van der Waals surface area contributed by atoms with Gasteiger partial charge in [-0.2, -0.15) is 0 Å². The van der Waals surface area contributed by atoms with Crippen molar-refractivity contribution in [3.05, 3.63) is 46.9 Å². The summed E-state index contributed by atoms with van der Waals surface area (Å²) in [6.07, 6.45) is 9.73. The molecule has 0 saturated heterocycles. The van der Waals surface area contributed by atoms with Gasteiger partial charge in [-0.05, 0) is 16.9 Å². The van der Waals surface area contributed by atoms with Crippen LogP contribution < -0.4 is 10.4 Å². The average molecular weight is 142 g/mol. The minimum atomic E-state index is 1.05. The van der Waals surface area contributed by atoms with E-state index in [-0.39, 0.29) is 0 Å². The molecular formula is C11H10. The third-order valence-electron chi connectivity index (χ3n) is 1.88. The van der Waals surface area contributed by atoms with Crippen LogP contribution in [-0.2, 0) is 0 Å². The lowest BCUT2D eigenvalue weighted by Crippen LogP contribution is -2.22. The number of fused-ring (bicyclic) bond motifs is 1. The van der Waals surface area contributed by atoms with Crippen molar-refractivity contribution in [2.45, 2.75) is 6.42 Å². The summed E-state index contributed by atoms with van der Waals surface area (Å²) in [5, 5.41) is 2.67. The SMILES string of the molecule is C1=CCC=c2ccccc2=C1. The number of hydrogen-bond acceptors (Lipinski definition) is 0. The summed E-state index contributed by atoms with van der Waals surface area (Å²) >= 11 is 0. The van der Waals surface area contributed by atoms with Gasteiger partial charge in [0.25, 0.3) is 0 Å². The van der Waals surface area contributed by atoms with Gasteiger partial charge in [-0.15, -0.1) is 0 Å². The van der Waals surface area contributed by atoms with Crippen LogP contribution in [0, 0.1) is 0 Å². The molecule has 0 N–H and O–H groups in total. The van der Waals surface area contributed by atoms with Gasteiger partial charge in [0.05, 0.1) is 0 Å². The fourth-order valence-corrected chi connectivity index (χ4v) is 1.29. The lowest BCUT2D eigenvalue weighted by Gasteiger charge is -1.85. The van der Waals surface area contributed by atoms with E-state index >= 15 is 0 Å². The minimum Gasteiger partial charge on any atom is -0.0807 e. The lowest BCUT2D eigenvalue weighted by molar-refractivity contribution is 1.45. The Morgan fingerprint density at radius 3 is 2.73 bits per heavy atom. The lowest BCUT2D eigenvalue weighted by atomic mass is 10.2. The Hall–Kier alpha value is -1.30. The van der Waals surface area contributed by atoms with Gasteiger partial charge >= 0.3 is 0 Å². The van der Waals surface area contributed by atoms with E-state index in [1.165, 1.54) is 10.4 Å². The van der Waals surface area contributed by atoms with Crippen molar-refractivity contribution < 1.29 is 0 Å². The minimum absolute atomic E-state index is 1.05. The quantitative estimate of drug-likeness (QED) is 0.510. The Balaban J connectivity index is 2.81. The summed E-state index contributed by atoms with van der Waals surface area (Å²) in [5.74, 6) is 0. The molecule has 1 aromatic carbocycles. The third-order valence-corrected chi connectivity index (χ3v) is 1.88. The molecule has 11 heavy (non-hydrogen) atoms. The number of allylic oxidation sites excluding steroid dienone is 2. The molecule has 1 aromatic rings. The first-order valence-electron chi connectivity index (χ1n) is 3.89. The van der Waals surface area contributed by atoms with Gasteiger partial charge in [-0.3, -0.25) is 0 Å². The van der Waals surface area contributed by atoms with E-state index < -0.39 is 0 Å². The Morgan fingerprint density at radius 2 is 1.82 bits per heavy atom. The van der Waals surface area contributed by atoms with Crippen LogP contribution in [0.15, 0.2) is 36.4 Å². The van der Waals surface area contributed by atoms with Crippen LogP contribution in [0.1, 0.15) is 6.42 Å². The second-order valence-electron chi connectivity index (χ2n) is 2.66. The van der Waals surface area contributed by atoms with Crippen LogP contribution in [0.5, 0.6) is 0 Å². The Bertz CT molecular complexity index is 383. The van der Waals surface area contributed by atoms with Gasteiger partial charge in [-0.1, -0.05) is 48.6 Å². The predicted octanol–water partition coefficient (Wildman–Crippen LogP) is 1.21. The molecule has 0 nitrogen and oxygen atoms in total. The number of hydrogen-bond donors (Lipinski definition) is 0. The molecule has 0 amide bonds. The van der Waals surface area contributed by atoms with Crippen molar-refractivity contribution in [1.82, 2.24) is 0 Å². The zero-order chi connectivity index (χ0) is 7.52. The molecule has 0 unspecified atom stereocenters. The smallest absolute Gasteiger partial charge is 0.0157 e. The number of benzene rings is 1. The van der Waals surface area contributed by atoms with Gasteiger partial charge in [-0.25, -0.2) is 0 Å². The van der Waals surface area contributed by atoms with E-state index in [4.69, 9.17) is 0 Å². The summed E-state index contributed by atoms with van der Waals surface area (Å²) in [4.78, 5) is 0. The van der Waals surface area contributed by atoms with Gasteiger partial charge in [0.1, 0.15) is 0 Å². The first-order chi connectivity index (χ1) is 5.47. The summed E-state index contributed by atoms with van der Waals surface area (Å²) in [5.41, 5.74) is 0. The van der Waals surface area contributed by atoms with E-state index in [1.54, 1.807) is 0 Å². The molecule has 0 heteroatoms. The van der Waals surface area contributed by atoms with Gasteiger partial charge in [0, 0.05) is 0 Å². The van der Waals surface area contributed by atoms with E-state index in [0.717, 1.165) is 6.42 Å². The highest BCUT2D eigenvalue weighted by molar-refractivity contribution is 5.43. The molecule has 0 fully saturated rings. The Kier molecular flexibility index (Phi) is 1.60. The second kappa shape index (κ2) is 2.75. The van der Waals surface area contributed by atoms with Crippen LogP contribution in [-0.4, -0.2) is 0 Å². The highest BCUT2D eigenvalue weighted by Gasteiger charge is 1.84. The molecule has 0 aromatic heterocycles. The largest absolute Gasteiger partial charge is 0.0807 e. The van der Waals surface area contributed by atoms with Crippen LogP contribution in [0.3, 0.4) is 0 Å². The predicted molar refractivity (Wildman–Crippen MR) is 48.4 cm³/mol. The van der Waals surface area contributed by atoms with Crippen LogP contribution in [0.4, 0.5) is 0 Å². The summed E-state index contributed by atoms with van der Waals surface area (Å²) < 4.78 is 0. The summed E-state index contributed by atoms with van der Waals surface area (Å²) in [7, 11) is 0. The zero-order valence-corrected chi connectivity index (χ0v) is 6.33. The molecule has 1 aliphatic carbocycles. The molecular weight excluding hydrogens is 132 g/mol. The second-order valence-corrected chi connectivity index (χ2v) is 2.66. The molecule has 0 heterocycles. The normalized spacial score (nSPS) is 14.2. The summed E-state index contributed by atoms with van der Waals surface area (Å²) in [6, 6.07) is 8.44. The fraction of sp³-hybridized carbons (Fsp3) is 0.0909. The molecule has 1 aliphatic rings. The van der Waals surface area contributed by atoms with Crippen molar-refractivity contribution in [3.63, 3.8) is 0 Å². The van der Waals surface area contributed by atoms with Crippen molar-refractivity contribution in [3.8, 4) is 0 Å². The van der Waals surface area contributed by atoms with E-state index in [2.05, 4.69) is 48.6 Å². The maximum Gasteiger partial charge on any atom is -0.0157 e. The van der Waals surface area contributed by atoms with Crippen LogP contribution in [0.25, 0.3) is 12.2 Å². The average Bonchev–Trinajstić information content (AvgIpc) is 2.28. The molecule has 0 aliphatic heterocycles. The first-order valence-corrected chi connectivity index (χ1v) is 3.89. The standard InChI is InChI=1S/C11H10/c1-2-6-10-8-4-5-9-11(10)7-3-1/h1-2,4-9H,3H2. The highest BCUT2D eigenvalue weighted by atomic mass is 13.9. The van der Waals surface area contributed by atoms with Crippen LogP contribution >= 0.6 is 0 Å². The first kappa shape index (κ1) is 6.41. The number of rotatable bonds is 0. The summed E-state index contributed by atoms with van der Waals surface area (Å²) in [6.45, 7) is 0. The molecule has 54 valence electrons. The van der Waals surface area contributed by atoms with Crippen molar-refractivity contribution in [1.29, 1.82) is 0 Å². The van der Waals surface area contributed by atoms with E-state index in [0.29, 0.717) is 0 Å². The van der Waals surface area contributed by atoms with E-state index in [1.807, 2.05) is 0 Å². The Morgan fingerprint density at radius 1 is 1.00 bits per heavy atom. The fourth-order valence-electron chi connectivity index (χ4n) is 1.29. The van der Waals surface area contributed by atoms with Gasteiger partial charge in [0.15, 0.2) is 0 Å². The maximum absolute atomic E-state index is 2.25. The third kappa shape index (κ3) is 1.25. The molecule has 0 saturated carbocycles. The zero-order valence-electron chi connectivity index (χ0n) is 6.33. The monoisotopic (exact) mass is 142 g/mol. The Labute approximate surface area is 66.2 Å². The van der Waals surface area contributed by atoms with Gasteiger partial charge in [0.2, 0.25) is 0 Å². The maximum atomic E-state index is 2.25. The molecule has 2 rings (SSSR count). The van der Waals surface area contributed by atoms with Crippen LogP contribution in [0.2, 0.25) is 0 Å². The van der Waals surface area contributed by atoms with Crippen molar-refractivity contribution in [2.24, 2.45) is 0 Å². The molecule has 0 spiro atoms.